The molecule has 0 aromatic heterocycles. The molecule has 0 saturated heterocycles. The molecular formula is C19H32N2. The summed E-state index contributed by atoms with van der Waals surface area (Å²) in [5.41, 5.74) is 3.81. The normalized spacial score (nSPS) is 16.2. The van der Waals surface area contributed by atoms with Crippen LogP contribution in [0.4, 0.5) is 0 Å². The second kappa shape index (κ2) is 11.1. The zero-order valence-electron chi connectivity index (χ0n) is 14.9. The fraction of sp³-hybridized carbons (Fsp3) is 0.526. The molecule has 0 spiro atoms. The molecule has 2 nitrogen and oxygen atoms in total. The summed E-state index contributed by atoms with van der Waals surface area (Å²) in [6.07, 6.45) is 5.38. The number of rotatable bonds is 3. The van der Waals surface area contributed by atoms with Gasteiger partial charge in [-0.1, -0.05) is 65.0 Å². The Bertz CT molecular complexity index is 447. The van der Waals surface area contributed by atoms with Crippen LogP contribution >= 0.6 is 0 Å². The first-order valence-corrected chi connectivity index (χ1v) is 8.27. The highest BCUT2D eigenvalue weighted by Gasteiger charge is 2.12. The van der Waals surface area contributed by atoms with Crippen LogP contribution in [0.3, 0.4) is 0 Å². The number of allylic oxidation sites excluding steroid dienone is 1. The van der Waals surface area contributed by atoms with E-state index in [9.17, 15) is 0 Å². The van der Waals surface area contributed by atoms with Crippen molar-refractivity contribution in [3.05, 3.63) is 47.5 Å². The van der Waals surface area contributed by atoms with Gasteiger partial charge in [-0.15, -0.1) is 0 Å². The SMILES string of the molecule is CC.CC.CCc1cccc(CN2N=C(C)C=CC2C)c1. The first kappa shape index (κ1) is 19.4. The summed E-state index contributed by atoms with van der Waals surface area (Å²) in [6.45, 7) is 15.3. The molecule has 0 bridgehead atoms. The van der Waals surface area contributed by atoms with Crippen molar-refractivity contribution in [2.24, 2.45) is 5.10 Å². The van der Waals surface area contributed by atoms with Crippen molar-refractivity contribution < 1.29 is 0 Å². The third-order valence-electron chi connectivity index (χ3n) is 3.12. The Kier molecular flexibility index (Phi) is 10.3. The number of hydrogen-bond donors (Lipinski definition) is 0. The summed E-state index contributed by atoms with van der Waals surface area (Å²) in [4.78, 5) is 0. The van der Waals surface area contributed by atoms with Crippen LogP contribution in [0.2, 0.25) is 0 Å². The predicted octanol–water partition coefficient (Wildman–Crippen LogP) is 5.44. The zero-order chi connectivity index (χ0) is 16.3. The van der Waals surface area contributed by atoms with Gasteiger partial charge >= 0.3 is 0 Å². The fourth-order valence-electron chi connectivity index (χ4n) is 2.02. The summed E-state index contributed by atoms with van der Waals surface area (Å²) < 4.78 is 0. The van der Waals surface area contributed by atoms with Gasteiger partial charge in [0.2, 0.25) is 0 Å². The van der Waals surface area contributed by atoms with Crippen molar-refractivity contribution in [2.75, 3.05) is 0 Å². The zero-order valence-corrected chi connectivity index (χ0v) is 14.9. The summed E-state index contributed by atoms with van der Waals surface area (Å²) in [6, 6.07) is 9.14. The van der Waals surface area contributed by atoms with Crippen LogP contribution in [0.25, 0.3) is 0 Å². The van der Waals surface area contributed by atoms with E-state index in [1.54, 1.807) is 0 Å². The van der Waals surface area contributed by atoms with E-state index < -0.39 is 0 Å². The van der Waals surface area contributed by atoms with Gasteiger partial charge in [-0.2, -0.15) is 5.10 Å². The average molecular weight is 288 g/mol. The molecule has 0 N–H and O–H groups in total. The second-order valence-electron chi connectivity index (χ2n) is 4.61. The quantitative estimate of drug-likeness (QED) is 0.723. The van der Waals surface area contributed by atoms with Crippen LogP contribution < -0.4 is 0 Å². The van der Waals surface area contributed by atoms with Crippen LogP contribution in [-0.4, -0.2) is 16.8 Å². The standard InChI is InChI=1S/C15H20N2.2C2H6/c1-4-14-6-5-7-15(10-14)11-17-13(3)9-8-12(2)16-17;2*1-2/h5-10,13H,4,11H2,1-3H3;2*1-2H3. The third kappa shape index (κ3) is 6.61. The molecule has 1 aromatic rings. The van der Waals surface area contributed by atoms with E-state index in [0.29, 0.717) is 6.04 Å². The maximum absolute atomic E-state index is 4.58. The molecule has 1 aromatic carbocycles. The van der Waals surface area contributed by atoms with Crippen LogP contribution in [0.15, 0.2) is 41.5 Å². The molecule has 1 aliphatic rings. The van der Waals surface area contributed by atoms with Gasteiger partial charge in [0.05, 0.1) is 18.3 Å². The second-order valence-corrected chi connectivity index (χ2v) is 4.61. The summed E-state index contributed by atoms with van der Waals surface area (Å²) in [7, 11) is 0. The largest absolute Gasteiger partial charge is 0.286 e. The number of benzene rings is 1. The lowest BCUT2D eigenvalue weighted by atomic mass is 10.1. The molecule has 21 heavy (non-hydrogen) atoms. The van der Waals surface area contributed by atoms with Gasteiger partial charge in [-0.3, -0.25) is 5.01 Å². The molecule has 0 saturated carbocycles. The first-order valence-electron chi connectivity index (χ1n) is 8.27. The van der Waals surface area contributed by atoms with E-state index in [-0.39, 0.29) is 0 Å². The molecule has 0 amide bonds. The highest BCUT2D eigenvalue weighted by Crippen LogP contribution is 2.15. The highest BCUT2D eigenvalue weighted by atomic mass is 15.5. The summed E-state index contributed by atoms with van der Waals surface area (Å²) >= 11 is 0. The van der Waals surface area contributed by atoms with Crippen LogP contribution in [0.1, 0.15) is 59.6 Å². The Balaban J connectivity index is 0.000000921. The summed E-state index contributed by atoms with van der Waals surface area (Å²) in [5, 5.41) is 6.72. The van der Waals surface area contributed by atoms with Crippen molar-refractivity contribution in [1.29, 1.82) is 0 Å². The minimum atomic E-state index is 0.379. The van der Waals surface area contributed by atoms with Gasteiger partial charge in [-0.25, -0.2) is 0 Å². The minimum absolute atomic E-state index is 0.379. The Labute approximate surface area is 131 Å². The topological polar surface area (TPSA) is 15.6 Å². The molecule has 2 rings (SSSR count). The van der Waals surface area contributed by atoms with E-state index in [1.165, 1.54) is 11.1 Å². The molecule has 0 radical (unpaired) electrons. The maximum atomic E-state index is 4.58. The Morgan fingerprint density at radius 3 is 2.33 bits per heavy atom. The minimum Gasteiger partial charge on any atom is -0.286 e. The van der Waals surface area contributed by atoms with Gasteiger partial charge in [0.1, 0.15) is 0 Å². The van der Waals surface area contributed by atoms with Gasteiger partial charge in [0, 0.05) is 0 Å². The van der Waals surface area contributed by atoms with E-state index in [2.05, 4.69) is 60.4 Å². The lowest BCUT2D eigenvalue weighted by Crippen LogP contribution is -2.29. The van der Waals surface area contributed by atoms with Crippen molar-refractivity contribution >= 4 is 5.71 Å². The Hall–Kier alpha value is -1.57. The molecule has 1 unspecified atom stereocenters. The molecular weight excluding hydrogens is 256 g/mol. The Morgan fingerprint density at radius 2 is 1.71 bits per heavy atom. The molecule has 1 heterocycles. The van der Waals surface area contributed by atoms with Gasteiger partial charge in [0.25, 0.3) is 0 Å². The van der Waals surface area contributed by atoms with Crippen molar-refractivity contribution in [2.45, 2.75) is 67.5 Å². The van der Waals surface area contributed by atoms with Gasteiger partial charge < -0.3 is 0 Å². The van der Waals surface area contributed by atoms with Crippen LogP contribution in [0, 0.1) is 0 Å². The van der Waals surface area contributed by atoms with Crippen molar-refractivity contribution in [3.63, 3.8) is 0 Å². The molecule has 1 aliphatic heterocycles. The van der Waals surface area contributed by atoms with E-state index in [4.69, 9.17) is 0 Å². The number of aryl methyl sites for hydroxylation is 1. The number of hydrogen-bond acceptors (Lipinski definition) is 2. The smallest absolute Gasteiger partial charge is 0.0630 e. The van der Waals surface area contributed by atoms with Crippen LogP contribution in [0.5, 0.6) is 0 Å². The van der Waals surface area contributed by atoms with Gasteiger partial charge in [-0.05, 0) is 37.5 Å². The van der Waals surface area contributed by atoms with Gasteiger partial charge in [0.15, 0.2) is 0 Å². The summed E-state index contributed by atoms with van der Waals surface area (Å²) in [5.74, 6) is 0. The molecule has 0 fully saturated rings. The maximum Gasteiger partial charge on any atom is 0.0630 e. The van der Waals surface area contributed by atoms with Crippen LogP contribution in [-0.2, 0) is 13.0 Å². The molecule has 118 valence electrons. The predicted molar refractivity (Wildman–Crippen MR) is 95.8 cm³/mol. The Morgan fingerprint density at radius 1 is 1.10 bits per heavy atom. The fourth-order valence-corrected chi connectivity index (χ4v) is 2.02. The van der Waals surface area contributed by atoms with Crippen molar-refractivity contribution in [3.8, 4) is 0 Å². The molecule has 0 aliphatic carbocycles. The lowest BCUT2D eigenvalue weighted by molar-refractivity contribution is 0.241. The molecule has 2 heteroatoms. The number of hydrazone groups is 1. The first-order chi connectivity index (χ1) is 10.2. The van der Waals surface area contributed by atoms with E-state index >= 15 is 0 Å². The monoisotopic (exact) mass is 288 g/mol. The van der Waals surface area contributed by atoms with E-state index in [1.807, 2.05) is 34.6 Å². The molecule has 1 atom stereocenters. The highest BCUT2D eigenvalue weighted by molar-refractivity contribution is 5.93. The van der Waals surface area contributed by atoms with Crippen molar-refractivity contribution in [1.82, 2.24) is 5.01 Å². The lowest BCUT2D eigenvalue weighted by Gasteiger charge is -2.27. The third-order valence-corrected chi connectivity index (χ3v) is 3.12. The number of nitrogens with zero attached hydrogens (tertiary/aromatic N) is 2. The average Bonchev–Trinajstić information content (AvgIpc) is 2.55. The van der Waals surface area contributed by atoms with E-state index in [0.717, 1.165) is 18.7 Å².